The molecule has 1 heterocycles. The molecule has 0 bridgehead atoms. The molecule has 3 rings (SSSR count). The number of nitrogens with one attached hydrogen (secondary N) is 2. The number of rotatable bonds is 3. The quantitative estimate of drug-likeness (QED) is 0.742. The van der Waals surface area contributed by atoms with Crippen LogP contribution in [0.2, 0.25) is 0 Å². The number of para-hydroxylation sites is 2. The molecule has 1 aromatic heterocycles. The standard InChI is InChI=1S/C19H20N4O2S/c1-12(2)20-18(25)21-14-9-5-4-8-13(14)17(24)22-19-23(3)15-10-6-7-11-16(15)26-19/h4-12H,1-3H3,(H2,20,21,25). The molecule has 0 aliphatic carbocycles. The number of hydrogen-bond donors (Lipinski definition) is 2. The minimum Gasteiger partial charge on any atom is -0.336 e. The lowest BCUT2D eigenvalue weighted by Crippen LogP contribution is -2.34. The molecule has 0 atom stereocenters. The number of amides is 3. The van der Waals surface area contributed by atoms with E-state index < -0.39 is 5.91 Å². The molecule has 0 fully saturated rings. The number of hydrogen-bond acceptors (Lipinski definition) is 3. The molecular formula is C19H20N4O2S. The summed E-state index contributed by atoms with van der Waals surface area (Å²) in [6.45, 7) is 3.74. The molecule has 6 nitrogen and oxygen atoms in total. The fourth-order valence-electron chi connectivity index (χ4n) is 2.53. The predicted molar refractivity (Wildman–Crippen MR) is 104 cm³/mol. The van der Waals surface area contributed by atoms with Crippen molar-refractivity contribution in [2.75, 3.05) is 5.32 Å². The number of urea groups is 1. The third-order valence-electron chi connectivity index (χ3n) is 3.74. The highest BCUT2D eigenvalue weighted by Gasteiger charge is 2.13. The monoisotopic (exact) mass is 368 g/mol. The van der Waals surface area contributed by atoms with Gasteiger partial charge in [0, 0.05) is 13.1 Å². The van der Waals surface area contributed by atoms with Crippen molar-refractivity contribution in [2.24, 2.45) is 12.0 Å². The number of benzene rings is 2. The van der Waals surface area contributed by atoms with Crippen LogP contribution in [0.1, 0.15) is 24.2 Å². The van der Waals surface area contributed by atoms with Gasteiger partial charge in [0.2, 0.25) is 0 Å². The highest BCUT2D eigenvalue weighted by atomic mass is 32.1. The van der Waals surface area contributed by atoms with Crippen LogP contribution in [0.25, 0.3) is 10.2 Å². The van der Waals surface area contributed by atoms with Gasteiger partial charge in [0.15, 0.2) is 4.80 Å². The molecule has 3 aromatic rings. The number of nitrogens with zero attached hydrogens (tertiary/aromatic N) is 2. The molecule has 3 amide bonds. The topological polar surface area (TPSA) is 75.5 Å². The van der Waals surface area contributed by atoms with E-state index in [0.29, 0.717) is 16.1 Å². The lowest BCUT2D eigenvalue weighted by molar-refractivity contribution is 0.0999. The summed E-state index contributed by atoms with van der Waals surface area (Å²) in [5.41, 5.74) is 1.80. The van der Waals surface area contributed by atoms with Crippen LogP contribution in [-0.2, 0) is 7.05 Å². The van der Waals surface area contributed by atoms with E-state index in [0.717, 1.165) is 10.2 Å². The van der Waals surface area contributed by atoms with E-state index in [2.05, 4.69) is 15.6 Å². The SMILES string of the molecule is CC(C)NC(=O)Nc1ccccc1C(=O)N=c1sc2ccccc2n1C. The van der Waals surface area contributed by atoms with Crippen molar-refractivity contribution in [2.45, 2.75) is 19.9 Å². The van der Waals surface area contributed by atoms with Crippen molar-refractivity contribution in [1.82, 2.24) is 9.88 Å². The first-order chi connectivity index (χ1) is 12.5. The Bertz CT molecular complexity index is 1030. The maximum atomic E-state index is 12.7. The van der Waals surface area contributed by atoms with E-state index in [1.54, 1.807) is 24.3 Å². The van der Waals surface area contributed by atoms with Gasteiger partial charge >= 0.3 is 6.03 Å². The van der Waals surface area contributed by atoms with Crippen LogP contribution in [0.15, 0.2) is 53.5 Å². The molecule has 26 heavy (non-hydrogen) atoms. The van der Waals surface area contributed by atoms with Gasteiger partial charge in [-0.3, -0.25) is 4.79 Å². The average molecular weight is 368 g/mol. The molecule has 0 unspecified atom stereocenters. The Kier molecular flexibility index (Phi) is 5.18. The summed E-state index contributed by atoms with van der Waals surface area (Å²) >= 11 is 1.45. The van der Waals surface area contributed by atoms with Gasteiger partial charge in [0.25, 0.3) is 5.91 Å². The molecule has 0 radical (unpaired) electrons. The Morgan fingerprint density at radius 1 is 1.08 bits per heavy atom. The highest BCUT2D eigenvalue weighted by Crippen LogP contribution is 2.18. The van der Waals surface area contributed by atoms with Crippen LogP contribution >= 0.6 is 11.3 Å². The summed E-state index contributed by atoms with van der Waals surface area (Å²) < 4.78 is 2.95. The lowest BCUT2D eigenvalue weighted by atomic mass is 10.1. The van der Waals surface area contributed by atoms with Crippen molar-refractivity contribution in [1.29, 1.82) is 0 Å². The molecule has 0 saturated carbocycles. The van der Waals surface area contributed by atoms with Gasteiger partial charge in [-0.05, 0) is 38.1 Å². The largest absolute Gasteiger partial charge is 0.336 e. The molecule has 134 valence electrons. The molecule has 0 aliphatic heterocycles. The second kappa shape index (κ2) is 7.53. The Hall–Kier alpha value is -2.93. The Morgan fingerprint density at radius 3 is 2.50 bits per heavy atom. The van der Waals surface area contributed by atoms with Crippen LogP contribution < -0.4 is 15.4 Å². The molecular weight excluding hydrogens is 348 g/mol. The summed E-state index contributed by atoms with van der Waals surface area (Å²) in [6, 6.07) is 14.4. The normalized spacial score (nSPS) is 11.8. The van der Waals surface area contributed by atoms with Crippen molar-refractivity contribution in [3.8, 4) is 0 Å². The van der Waals surface area contributed by atoms with Crippen LogP contribution in [0.5, 0.6) is 0 Å². The molecule has 2 N–H and O–H groups in total. The maximum Gasteiger partial charge on any atom is 0.319 e. The summed E-state index contributed by atoms with van der Waals surface area (Å²) in [4.78, 5) is 29.6. The van der Waals surface area contributed by atoms with Crippen LogP contribution in [0.4, 0.5) is 10.5 Å². The smallest absolute Gasteiger partial charge is 0.319 e. The second-order valence-electron chi connectivity index (χ2n) is 6.13. The van der Waals surface area contributed by atoms with Gasteiger partial charge < -0.3 is 15.2 Å². The third kappa shape index (κ3) is 3.83. The maximum absolute atomic E-state index is 12.7. The number of carbonyl (C=O) groups excluding carboxylic acids is 2. The number of aromatic nitrogens is 1. The van der Waals surface area contributed by atoms with E-state index in [1.807, 2.05) is 49.7 Å². The molecule has 0 spiro atoms. The van der Waals surface area contributed by atoms with E-state index >= 15 is 0 Å². The van der Waals surface area contributed by atoms with Gasteiger partial charge in [-0.15, -0.1) is 0 Å². The average Bonchev–Trinajstić information content (AvgIpc) is 2.91. The Balaban J connectivity index is 1.95. The predicted octanol–water partition coefficient (Wildman–Crippen LogP) is 3.51. The van der Waals surface area contributed by atoms with Crippen molar-refractivity contribution >= 4 is 39.2 Å². The van der Waals surface area contributed by atoms with Crippen molar-refractivity contribution < 1.29 is 9.59 Å². The van der Waals surface area contributed by atoms with Gasteiger partial charge in [0.05, 0.1) is 21.5 Å². The lowest BCUT2D eigenvalue weighted by Gasteiger charge is -2.12. The number of thiazole rings is 1. The van der Waals surface area contributed by atoms with Gasteiger partial charge in [-0.2, -0.15) is 4.99 Å². The number of anilines is 1. The minimum atomic E-state index is -0.396. The second-order valence-corrected chi connectivity index (χ2v) is 7.14. The highest BCUT2D eigenvalue weighted by molar-refractivity contribution is 7.16. The molecule has 0 aliphatic rings. The van der Waals surface area contributed by atoms with Crippen molar-refractivity contribution in [3.63, 3.8) is 0 Å². The van der Waals surface area contributed by atoms with Crippen LogP contribution in [-0.4, -0.2) is 22.5 Å². The van der Waals surface area contributed by atoms with Crippen LogP contribution in [0.3, 0.4) is 0 Å². The summed E-state index contributed by atoms with van der Waals surface area (Å²) in [7, 11) is 1.88. The fraction of sp³-hybridized carbons (Fsp3) is 0.211. The number of aryl methyl sites for hydroxylation is 1. The van der Waals surface area contributed by atoms with Gasteiger partial charge in [-0.25, -0.2) is 4.79 Å². The van der Waals surface area contributed by atoms with E-state index in [-0.39, 0.29) is 12.1 Å². The number of fused-ring (bicyclic) bond motifs is 1. The Morgan fingerprint density at radius 2 is 1.77 bits per heavy atom. The summed E-state index contributed by atoms with van der Waals surface area (Å²) in [5, 5.41) is 5.46. The zero-order valence-electron chi connectivity index (χ0n) is 14.8. The van der Waals surface area contributed by atoms with Crippen molar-refractivity contribution in [3.05, 3.63) is 58.9 Å². The van der Waals surface area contributed by atoms with E-state index in [9.17, 15) is 9.59 Å². The zero-order chi connectivity index (χ0) is 18.7. The molecule has 2 aromatic carbocycles. The van der Waals surface area contributed by atoms with Gasteiger partial charge in [0.1, 0.15) is 0 Å². The first kappa shape index (κ1) is 17.9. The molecule has 0 saturated heterocycles. The third-order valence-corrected chi connectivity index (χ3v) is 4.85. The van der Waals surface area contributed by atoms with Gasteiger partial charge in [-0.1, -0.05) is 35.6 Å². The first-order valence-corrected chi connectivity index (χ1v) is 9.07. The van der Waals surface area contributed by atoms with E-state index in [1.165, 1.54) is 11.3 Å². The van der Waals surface area contributed by atoms with Crippen LogP contribution in [0, 0.1) is 0 Å². The fourth-order valence-corrected chi connectivity index (χ4v) is 3.55. The van der Waals surface area contributed by atoms with E-state index in [4.69, 9.17) is 0 Å². The first-order valence-electron chi connectivity index (χ1n) is 8.26. The molecule has 7 heteroatoms. The number of carbonyl (C=O) groups is 2. The minimum absolute atomic E-state index is 0.000138. The summed E-state index contributed by atoms with van der Waals surface area (Å²) in [6.07, 6.45) is 0. The zero-order valence-corrected chi connectivity index (χ0v) is 15.6. The summed E-state index contributed by atoms with van der Waals surface area (Å²) in [5.74, 6) is -0.396. The Labute approximate surface area is 155 Å².